The minimum Gasteiger partial charge on any atom is -0.481 e. The van der Waals surface area contributed by atoms with Crippen molar-refractivity contribution in [2.24, 2.45) is 0 Å². The SMILES string of the molecule is CC[C@@H](Oc1ccc(Cl)cc1)C(=O)Nc1ccc(S(=O)(=O)Nc2ccc(F)cc2)cc1. The summed E-state index contributed by atoms with van der Waals surface area (Å²) in [6.45, 7) is 1.82. The van der Waals surface area contributed by atoms with Gasteiger partial charge in [-0.1, -0.05) is 18.5 Å². The summed E-state index contributed by atoms with van der Waals surface area (Å²) in [6, 6.07) is 17.3. The third-order valence-corrected chi connectivity index (χ3v) is 5.93. The standard InChI is InChI=1S/C22H20ClFN2O4S/c1-2-21(30-19-11-3-15(23)4-12-19)22(27)25-17-9-13-20(14-10-17)31(28,29)26-18-7-5-16(24)6-8-18/h3-14,21,26H,2H2,1H3,(H,25,27)/t21-/m1/s1. The largest absolute Gasteiger partial charge is 0.481 e. The molecule has 31 heavy (non-hydrogen) atoms. The summed E-state index contributed by atoms with van der Waals surface area (Å²) in [6.07, 6.45) is -0.299. The summed E-state index contributed by atoms with van der Waals surface area (Å²) in [5.74, 6) is -0.314. The number of halogens is 2. The van der Waals surface area contributed by atoms with Gasteiger partial charge in [0.25, 0.3) is 15.9 Å². The first-order valence-corrected chi connectivity index (χ1v) is 11.2. The molecule has 0 spiro atoms. The maximum Gasteiger partial charge on any atom is 0.265 e. The quantitative estimate of drug-likeness (QED) is 0.489. The molecule has 3 rings (SSSR count). The molecule has 2 N–H and O–H groups in total. The number of rotatable bonds is 8. The highest BCUT2D eigenvalue weighted by atomic mass is 35.5. The van der Waals surface area contributed by atoms with Crippen LogP contribution in [-0.4, -0.2) is 20.4 Å². The van der Waals surface area contributed by atoms with E-state index in [0.717, 1.165) is 12.1 Å². The zero-order chi connectivity index (χ0) is 22.4. The van der Waals surface area contributed by atoms with Gasteiger partial charge in [-0.05, 0) is 79.2 Å². The molecule has 0 saturated heterocycles. The van der Waals surface area contributed by atoms with Gasteiger partial charge < -0.3 is 10.1 Å². The number of hydrogen-bond donors (Lipinski definition) is 2. The average molecular weight is 463 g/mol. The minimum absolute atomic E-state index is 0.000667. The molecule has 0 saturated carbocycles. The van der Waals surface area contributed by atoms with Crippen LogP contribution in [0.5, 0.6) is 5.75 Å². The highest BCUT2D eigenvalue weighted by Crippen LogP contribution is 2.21. The Balaban J connectivity index is 1.65. The van der Waals surface area contributed by atoms with Crippen molar-refractivity contribution in [2.45, 2.75) is 24.3 Å². The molecule has 3 aromatic carbocycles. The number of amides is 1. The molecule has 0 bridgehead atoms. The third kappa shape index (κ3) is 6.19. The van der Waals surface area contributed by atoms with E-state index in [4.69, 9.17) is 16.3 Å². The smallest absolute Gasteiger partial charge is 0.265 e. The molecule has 0 unspecified atom stereocenters. The number of benzene rings is 3. The first-order chi connectivity index (χ1) is 14.8. The minimum atomic E-state index is -3.86. The van der Waals surface area contributed by atoms with Crippen molar-refractivity contribution in [2.75, 3.05) is 10.0 Å². The van der Waals surface area contributed by atoms with Crippen molar-refractivity contribution in [3.63, 3.8) is 0 Å². The van der Waals surface area contributed by atoms with E-state index < -0.39 is 21.9 Å². The lowest BCUT2D eigenvalue weighted by molar-refractivity contribution is -0.122. The number of nitrogens with one attached hydrogen (secondary N) is 2. The number of carbonyl (C=O) groups is 1. The lowest BCUT2D eigenvalue weighted by Gasteiger charge is -2.17. The third-order valence-electron chi connectivity index (χ3n) is 4.28. The van der Waals surface area contributed by atoms with E-state index in [1.807, 2.05) is 6.92 Å². The van der Waals surface area contributed by atoms with E-state index in [0.29, 0.717) is 22.9 Å². The Morgan fingerprint density at radius 3 is 2.13 bits per heavy atom. The fraction of sp³-hybridized carbons (Fsp3) is 0.136. The fourth-order valence-electron chi connectivity index (χ4n) is 2.67. The second kappa shape index (κ2) is 9.80. The predicted octanol–water partition coefficient (Wildman–Crippen LogP) is 5.08. The molecule has 0 aliphatic rings. The predicted molar refractivity (Wildman–Crippen MR) is 118 cm³/mol. The Labute approximate surface area is 185 Å². The van der Waals surface area contributed by atoms with Crippen molar-refractivity contribution < 1.29 is 22.3 Å². The van der Waals surface area contributed by atoms with Crippen LogP contribution in [0.15, 0.2) is 77.7 Å². The molecule has 1 amide bonds. The van der Waals surface area contributed by atoms with E-state index in [2.05, 4.69) is 10.0 Å². The van der Waals surface area contributed by atoms with Gasteiger partial charge in [0.15, 0.2) is 6.10 Å². The molecular weight excluding hydrogens is 443 g/mol. The van der Waals surface area contributed by atoms with Crippen molar-refractivity contribution in [1.82, 2.24) is 0 Å². The summed E-state index contributed by atoms with van der Waals surface area (Å²) >= 11 is 5.85. The monoisotopic (exact) mass is 462 g/mol. The number of ether oxygens (including phenoxy) is 1. The highest BCUT2D eigenvalue weighted by Gasteiger charge is 2.19. The van der Waals surface area contributed by atoms with Crippen LogP contribution in [-0.2, 0) is 14.8 Å². The lowest BCUT2D eigenvalue weighted by Crippen LogP contribution is -2.32. The summed E-state index contributed by atoms with van der Waals surface area (Å²) < 4.78 is 46.0. The van der Waals surface area contributed by atoms with Gasteiger partial charge in [-0.25, -0.2) is 12.8 Å². The zero-order valence-corrected chi connectivity index (χ0v) is 18.1. The van der Waals surface area contributed by atoms with E-state index in [1.165, 1.54) is 36.4 Å². The van der Waals surface area contributed by atoms with Gasteiger partial charge in [-0.15, -0.1) is 0 Å². The first-order valence-electron chi connectivity index (χ1n) is 9.38. The normalized spacial score (nSPS) is 12.1. The molecule has 0 radical (unpaired) electrons. The number of sulfonamides is 1. The van der Waals surface area contributed by atoms with Gasteiger partial charge in [0.2, 0.25) is 0 Å². The topological polar surface area (TPSA) is 84.5 Å². The van der Waals surface area contributed by atoms with Crippen LogP contribution in [0.1, 0.15) is 13.3 Å². The fourth-order valence-corrected chi connectivity index (χ4v) is 3.86. The number of hydrogen-bond acceptors (Lipinski definition) is 4. The van der Waals surface area contributed by atoms with Crippen molar-refractivity contribution >= 4 is 38.9 Å². The summed E-state index contributed by atoms with van der Waals surface area (Å²) in [4.78, 5) is 12.5. The molecule has 0 aliphatic carbocycles. The van der Waals surface area contributed by atoms with Crippen LogP contribution < -0.4 is 14.8 Å². The van der Waals surface area contributed by atoms with Gasteiger partial charge in [-0.3, -0.25) is 9.52 Å². The van der Waals surface area contributed by atoms with Gasteiger partial charge in [0.05, 0.1) is 4.90 Å². The second-order valence-corrected chi connectivity index (χ2v) is 8.71. The number of carbonyl (C=O) groups excluding carboxylic acids is 1. The summed E-state index contributed by atoms with van der Waals surface area (Å²) in [5, 5.41) is 3.28. The van der Waals surface area contributed by atoms with E-state index in [-0.39, 0.29) is 16.5 Å². The van der Waals surface area contributed by atoms with Gasteiger partial charge in [0, 0.05) is 16.4 Å². The molecule has 162 valence electrons. The first kappa shape index (κ1) is 22.6. The molecule has 0 aromatic heterocycles. The zero-order valence-electron chi connectivity index (χ0n) is 16.5. The van der Waals surface area contributed by atoms with Crippen LogP contribution >= 0.6 is 11.6 Å². The van der Waals surface area contributed by atoms with Crippen molar-refractivity contribution in [3.8, 4) is 5.75 Å². The number of anilines is 2. The second-order valence-electron chi connectivity index (χ2n) is 6.59. The Kier molecular flexibility index (Phi) is 7.14. The molecule has 6 nitrogen and oxygen atoms in total. The van der Waals surface area contributed by atoms with Gasteiger partial charge in [-0.2, -0.15) is 0 Å². The Hall–Kier alpha value is -3.10. The highest BCUT2D eigenvalue weighted by molar-refractivity contribution is 7.92. The van der Waals surface area contributed by atoms with Crippen LogP contribution in [0.3, 0.4) is 0 Å². The average Bonchev–Trinajstić information content (AvgIpc) is 2.75. The Morgan fingerprint density at radius 2 is 1.55 bits per heavy atom. The van der Waals surface area contributed by atoms with E-state index in [1.54, 1.807) is 24.3 Å². The van der Waals surface area contributed by atoms with Crippen LogP contribution in [0.2, 0.25) is 5.02 Å². The molecule has 9 heteroatoms. The molecule has 1 atom stereocenters. The van der Waals surface area contributed by atoms with E-state index in [9.17, 15) is 17.6 Å². The molecule has 0 heterocycles. The van der Waals surface area contributed by atoms with Gasteiger partial charge in [0.1, 0.15) is 11.6 Å². The molecule has 0 fully saturated rings. The molecular formula is C22H20ClFN2O4S. The van der Waals surface area contributed by atoms with Crippen molar-refractivity contribution in [3.05, 3.63) is 83.6 Å². The molecule has 0 aliphatic heterocycles. The van der Waals surface area contributed by atoms with Gasteiger partial charge >= 0.3 is 0 Å². The van der Waals surface area contributed by atoms with Crippen LogP contribution in [0.4, 0.5) is 15.8 Å². The maximum absolute atomic E-state index is 13.0. The Bertz CT molecular complexity index is 1140. The summed E-state index contributed by atoms with van der Waals surface area (Å²) in [5.41, 5.74) is 0.660. The van der Waals surface area contributed by atoms with E-state index >= 15 is 0 Å². The van der Waals surface area contributed by atoms with Crippen molar-refractivity contribution in [1.29, 1.82) is 0 Å². The maximum atomic E-state index is 13.0. The van der Waals surface area contributed by atoms with Crippen LogP contribution in [0.25, 0.3) is 0 Å². The molecule has 3 aromatic rings. The summed E-state index contributed by atoms with van der Waals surface area (Å²) in [7, 11) is -3.86. The van der Waals surface area contributed by atoms with Crippen LogP contribution in [0, 0.1) is 5.82 Å². The Morgan fingerprint density at radius 1 is 0.968 bits per heavy atom. The lowest BCUT2D eigenvalue weighted by atomic mass is 10.2.